The van der Waals surface area contributed by atoms with E-state index in [4.69, 9.17) is 0 Å². The second-order valence-electron chi connectivity index (χ2n) is 9.12. The number of nitrogens with one attached hydrogen (secondary N) is 1. The van der Waals surface area contributed by atoms with Crippen LogP contribution in [-0.2, 0) is 20.4 Å². The van der Waals surface area contributed by atoms with Gasteiger partial charge in [-0.3, -0.25) is 9.69 Å². The van der Waals surface area contributed by atoms with Crippen LogP contribution in [0.5, 0.6) is 0 Å². The molecule has 0 aliphatic carbocycles. The number of hydrogen-bond donors (Lipinski definition) is 1. The minimum Gasteiger partial charge on any atom is -0.319 e. The zero-order valence-corrected chi connectivity index (χ0v) is 20.8. The third-order valence-corrected chi connectivity index (χ3v) is 8.71. The summed E-state index contributed by atoms with van der Waals surface area (Å²) in [4.78, 5) is 29.8. The van der Waals surface area contributed by atoms with Crippen LogP contribution >= 0.6 is 0 Å². The molecule has 2 aromatic carbocycles. The van der Waals surface area contributed by atoms with Gasteiger partial charge in [0.2, 0.25) is 10.0 Å². The summed E-state index contributed by atoms with van der Waals surface area (Å²) >= 11 is 0. The molecular formula is C25H32N4O4S. The Morgan fingerprint density at radius 2 is 1.50 bits per heavy atom. The maximum atomic E-state index is 13.5. The highest BCUT2D eigenvalue weighted by Crippen LogP contribution is 2.33. The van der Waals surface area contributed by atoms with E-state index in [1.165, 1.54) is 9.21 Å². The number of sulfonamides is 1. The van der Waals surface area contributed by atoms with Crippen molar-refractivity contribution < 1.29 is 18.0 Å². The van der Waals surface area contributed by atoms with Gasteiger partial charge in [0.15, 0.2) is 0 Å². The summed E-state index contributed by atoms with van der Waals surface area (Å²) in [6.07, 6.45) is 1.06. The minimum absolute atomic E-state index is 0.136. The first-order valence-electron chi connectivity index (χ1n) is 11.7. The van der Waals surface area contributed by atoms with Crippen LogP contribution in [0, 0.1) is 13.8 Å². The quantitative estimate of drug-likeness (QED) is 0.637. The zero-order valence-electron chi connectivity index (χ0n) is 20.0. The molecule has 1 N–H and O–H groups in total. The van der Waals surface area contributed by atoms with Crippen LogP contribution in [0.2, 0.25) is 0 Å². The Hall–Kier alpha value is -2.75. The number of aryl methyl sites for hydroxylation is 2. The van der Waals surface area contributed by atoms with E-state index in [2.05, 4.69) is 5.32 Å². The summed E-state index contributed by atoms with van der Waals surface area (Å²) in [5, 5.41) is 2.92. The predicted molar refractivity (Wildman–Crippen MR) is 130 cm³/mol. The summed E-state index contributed by atoms with van der Waals surface area (Å²) in [5.41, 5.74) is 1.78. The fourth-order valence-corrected chi connectivity index (χ4v) is 6.09. The van der Waals surface area contributed by atoms with Gasteiger partial charge in [0.25, 0.3) is 5.91 Å². The zero-order chi connectivity index (χ0) is 24.5. The molecule has 2 heterocycles. The highest BCUT2D eigenvalue weighted by atomic mass is 32.2. The molecule has 2 aromatic rings. The van der Waals surface area contributed by atoms with Crippen molar-refractivity contribution in [2.75, 3.05) is 32.8 Å². The van der Waals surface area contributed by atoms with E-state index in [9.17, 15) is 18.0 Å². The first kappa shape index (κ1) is 24.4. The number of amides is 3. The van der Waals surface area contributed by atoms with Gasteiger partial charge in [0.1, 0.15) is 5.54 Å². The number of benzene rings is 2. The maximum Gasteiger partial charge on any atom is 0.326 e. The summed E-state index contributed by atoms with van der Waals surface area (Å²) in [5.74, 6) is -0.266. The number of rotatable bonds is 6. The average Bonchev–Trinajstić information content (AvgIpc) is 2.97. The van der Waals surface area contributed by atoms with Crippen LogP contribution < -0.4 is 5.32 Å². The second kappa shape index (κ2) is 9.48. The fraction of sp³-hybridized carbons (Fsp3) is 0.440. The van der Waals surface area contributed by atoms with E-state index < -0.39 is 21.6 Å². The Balaban J connectivity index is 1.46. The molecule has 182 valence electrons. The van der Waals surface area contributed by atoms with Gasteiger partial charge in [0.05, 0.1) is 11.6 Å². The lowest BCUT2D eigenvalue weighted by Gasteiger charge is -2.28. The minimum atomic E-state index is -3.59. The van der Waals surface area contributed by atoms with E-state index >= 15 is 0 Å². The Morgan fingerprint density at radius 1 is 0.882 bits per heavy atom. The van der Waals surface area contributed by atoms with Crippen molar-refractivity contribution in [1.82, 2.24) is 19.4 Å². The molecule has 2 aliphatic heterocycles. The summed E-state index contributed by atoms with van der Waals surface area (Å²) in [7, 11) is -3.59. The molecule has 3 amide bonds. The van der Waals surface area contributed by atoms with Crippen LogP contribution in [-0.4, -0.2) is 67.3 Å². The van der Waals surface area contributed by atoms with Gasteiger partial charge in [-0.2, -0.15) is 4.31 Å². The summed E-state index contributed by atoms with van der Waals surface area (Å²) in [6.45, 7) is 7.66. The van der Waals surface area contributed by atoms with Gasteiger partial charge < -0.3 is 5.32 Å². The summed E-state index contributed by atoms with van der Waals surface area (Å²) < 4.78 is 27.7. The number of carbonyl (C=O) groups is 2. The molecule has 2 saturated heterocycles. The molecule has 9 heteroatoms. The van der Waals surface area contributed by atoms with E-state index in [-0.39, 0.29) is 17.5 Å². The molecule has 8 nitrogen and oxygen atoms in total. The van der Waals surface area contributed by atoms with E-state index in [0.29, 0.717) is 39.0 Å². The monoisotopic (exact) mass is 484 g/mol. The molecule has 0 unspecified atom stereocenters. The maximum absolute atomic E-state index is 13.5. The van der Waals surface area contributed by atoms with Crippen molar-refractivity contribution in [3.05, 3.63) is 65.2 Å². The van der Waals surface area contributed by atoms with Gasteiger partial charge in [-0.05, 0) is 44.4 Å². The SMILES string of the molecule is CC[C@]1(c2ccc(C)cc2)NC(=O)N(CN2CCCN(S(=O)(=O)c3ccc(C)cc3)CC2)C1=O. The number of hydrogen-bond acceptors (Lipinski definition) is 5. The molecule has 4 rings (SSSR count). The molecular weight excluding hydrogens is 452 g/mol. The second-order valence-corrected chi connectivity index (χ2v) is 11.1. The van der Waals surface area contributed by atoms with Crippen molar-refractivity contribution in [3.8, 4) is 0 Å². The highest BCUT2D eigenvalue weighted by molar-refractivity contribution is 7.89. The molecule has 0 aromatic heterocycles. The van der Waals surface area contributed by atoms with Gasteiger partial charge in [0, 0.05) is 26.2 Å². The van der Waals surface area contributed by atoms with Crippen molar-refractivity contribution in [3.63, 3.8) is 0 Å². The molecule has 0 spiro atoms. The van der Waals surface area contributed by atoms with Gasteiger partial charge in [-0.15, -0.1) is 0 Å². The lowest BCUT2D eigenvalue weighted by Crippen LogP contribution is -2.46. The number of nitrogens with zero attached hydrogens (tertiary/aromatic N) is 3. The van der Waals surface area contributed by atoms with Crippen molar-refractivity contribution in [2.45, 2.75) is 44.0 Å². The number of urea groups is 1. The van der Waals surface area contributed by atoms with Gasteiger partial charge >= 0.3 is 6.03 Å². The van der Waals surface area contributed by atoms with E-state index in [0.717, 1.165) is 16.7 Å². The Labute approximate surface area is 201 Å². The third kappa shape index (κ3) is 4.47. The summed E-state index contributed by atoms with van der Waals surface area (Å²) in [6, 6.07) is 14.1. The lowest BCUT2D eigenvalue weighted by molar-refractivity contribution is -0.133. The molecule has 34 heavy (non-hydrogen) atoms. The standard InChI is InChI=1S/C25H32N4O4S/c1-4-25(21-10-6-19(2)7-11-21)23(30)29(24(31)26-25)18-27-14-5-15-28(17-16-27)34(32,33)22-12-8-20(3)9-13-22/h6-13H,4-5,14-18H2,1-3H3,(H,26,31)/t25-/m1/s1. The van der Waals surface area contributed by atoms with Gasteiger partial charge in [-0.25, -0.2) is 18.1 Å². The van der Waals surface area contributed by atoms with Crippen LogP contribution in [0.1, 0.15) is 36.5 Å². The van der Waals surface area contributed by atoms with Crippen molar-refractivity contribution in [1.29, 1.82) is 0 Å². The normalized spacial score (nSPS) is 22.6. The molecule has 1 atom stereocenters. The molecule has 0 saturated carbocycles. The Kier molecular flexibility index (Phi) is 6.80. The van der Waals surface area contributed by atoms with Crippen molar-refractivity contribution in [2.24, 2.45) is 0 Å². The molecule has 2 fully saturated rings. The molecule has 2 aliphatic rings. The Bertz CT molecular complexity index is 1160. The third-order valence-electron chi connectivity index (χ3n) is 6.80. The van der Waals surface area contributed by atoms with E-state index in [1.807, 2.05) is 49.9 Å². The number of imide groups is 1. The number of carbonyl (C=O) groups excluding carboxylic acids is 2. The first-order chi connectivity index (χ1) is 16.2. The first-order valence-corrected chi connectivity index (χ1v) is 13.1. The van der Waals surface area contributed by atoms with Crippen LogP contribution in [0.4, 0.5) is 4.79 Å². The largest absolute Gasteiger partial charge is 0.326 e. The van der Waals surface area contributed by atoms with Crippen LogP contribution in [0.15, 0.2) is 53.4 Å². The van der Waals surface area contributed by atoms with E-state index in [1.54, 1.807) is 24.3 Å². The fourth-order valence-electron chi connectivity index (χ4n) is 4.62. The molecule has 0 bridgehead atoms. The predicted octanol–water partition coefficient (Wildman–Crippen LogP) is 2.81. The lowest BCUT2D eigenvalue weighted by atomic mass is 9.87. The van der Waals surface area contributed by atoms with Gasteiger partial charge in [-0.1, -0.05) is 54.4 Å². The van der Waals surface area contributed by atoms with Crippen molar-refractivity contribution >= 4 is 22.0 Å². The Morgan fingerprint density at radius 3 is 2.12 bits per heavy atom. The van der Waals surface area contributed by atoms with Crippen LogP contribution in [0.3, 0.4) is 0 Å². The topological polar surface area (TPSA) is 90.0 Å². The van der Waals surface area contributed by atoms with Crippen LogP contribution in [0.25, 0.3) is 0 Å². The smallest absolute Gasteiger partial charge is 0.319 e. The average molecular weight is 485 g/mol. The molecule has 0 radical (unpaired) electrons. The highest BCUT2D eigenvalue weighted by Gasteiger charge is 2.51.